The molecule has 0 saturated carbocycles. The van der Waals surface area contributed by atoms with Crippen LogP contribution in [0.3, 0.4) is 0 Å². The van der Waals surface area contributed by atoms with Gasteiger partial charge in [0.05, 0.1) is 7.11 Å². The summed E-state index contributed by atoms with van der Waals surface area (Å²) in [6.07, 6.45) is 3.41. The number of ether oxygens (including phenoxy) is 1. The van der Waals surface area contributed by atoms with Crippen molar-refractivity contribution >= 4 is 0 Å². The van der Waals surface area contributed by atoms with E-state index in [1.807, 2.05) is 13.0 Å². The van der Waals surface area contributed by atoms with Crippen LogP contribution in [0.25, 0.3) is 0 Å². The Hall–Kier alpha value is -1.09. The molecule has 1 aromatic carbocycles. The summed E-state index contributed by atoms with van der Waals surface area (Å²) in [5, 5.41) is 3.45. The molecular weight excluding hydrogens is 205 g/mol. The Kier molecular flexibility index (Phi) is 3.44. The molecule has 16 heavy (non-hydrogen) atoms. The van der Waals surface area contributed by atoms with Gasteiger partial charge >= 0.3 is 0 Å². The van der Waals surface area contributed by atoms with Crippen LogP contribution in [0.4, 0.5) is 4.39 Å². The van der Waals surface area contributed by atoms with Crippen LogP contribution in [0, 0.1) is 12.7 Å². The van der Waals surface area contributed by atoms with E-state index < -0.39 is 0 Å². The Morgan fingerprint density at radius 1 is 1.50 bits per heavy atom. The molecule has 1 unspecified atom stereocenters. The molecule has 1 aliphatic rings. The van der Waals surface area contributed by atoms with Crippen molar-refractivity contribution in [3.05, 3.63) is 29.1 Å². The first-order valence-electron chi connectivity index (χ1n) is 5.77. The highest BCUT2D eigenvalue weighted by molar-refractivity contribution is 5.36. The standard InChI is InChI=1S/C13H18FNO/c1-9-6-12(14)13(16-2)8-10(9)7-11-4-3-5-15-11/h6,8,11,15H,3-5,7H2,1-2H3. The van der Waals surface area contributed by atoms with Crippen LogP contribution in [-0.2, 0) is 6.42 Å². The number of rotatable bonds is 3. The van der Waals surface area contributed by atoms with E-state index in [1.165, 1.54) is 25.5 Å². The molecule has 1 heterocycles. The fourth-order valence-electron chi connectivity index (χ4n) is 2.27. The van der Waals surface area contributed by atoms with Crippen molar-refractivity contribution in [2.45, 2.75) is 32.2 Å². The summed E-state index contributed by atoms with van der Waals surface area (Å²) in [5.41, 5.74) is 2.18. The van der Waals surface area contributed by atoms with Crippen LogP contribution < -0.4 is 10.1 Å². The summed E-state index contributed by atoms with van der Waals surface area (Å²) in [5.74, 6) is 0.0710. The summed E-state index contributed by atoms with van der Waals surface area (Å²) < 4.78 is 18.4. The molecule has 1 aromatic rings. The Bertz CT molecular complexity index is 372. The third-order valence-electron chi connectivity index (χ3n) is 3.24. The van der Waals surface area contributed by atoms with E-state index >= 15 is 0 Å². The molecule has 1 fully saturated rings. The maximum absolute atomic E-state index is 13.4. The number of hydrogen-bond donors (Lipinski definition) is 1. The monoisotopic (exact) mass is 223 g/mol. The minimum atomic E-state index is -0.275. The highest BCUT2D eigenvalue weighted by atomic mass is 19.1. The Balaban J connectivity index is 2.18. The van der Waals surface area contributed by atoms with Crippen molar-refractivity contribution in [2.24, 2.45) is 0 Å². The van der Waals surface area contributed by atoms with Crippen LogP contribution >= 0.6 is 0 Å². The van der Waals surface area contributed by atoms with Gasteiger partial charge < -0.3 is 10.1 Å². The molecule has 1 saturated heterocycles. The van der Waals surface area contributed by atoms with Gasteiger partial charge in [-0.05, 0) is 56.0 Å². The van der Waals surface area contributed by atoms with Crippen molar-refractivity contribution in [1.82, 2.24) is 5.32 Å². The molecule has 0 spiro atoms. The third-order valence-corrected chi connectivity index (χ3v) is 3.24. The third kappa shape index (κ3) is 2.35. The maximum atomic E-state index is 13.4. The molecule has 0 aromatic heterocycles. The molecule has 0 aliphatic carbocycles. The normalized spacial score (nSPS) is 20.1. The molecule has 0 radical (unpaired) electrons. The first-order chi connectivity index (χ1) is 7.70. The zero-order chi connectivity index (χ0) is 11.5. The quantitative estimate of drug-likeness (QED) is 0.849. The lowest BCUT2D eigenvalue weighted by Crippen LogP contribution is -2.24. The second-order valence-electron chi connectivity index (χ2n) is 4.41. The molecule has 0 amide bonds. The fraction of sp³-hybridized carbons (Fsp3) is 0.538. The lowest BCUT2D eigenvalue weighted by Gasteiger charge is -2.14. The predicted molar refractivity (Wildman–Crippen MR) is 62.4 cm³/mol. The van der Waals surface area contributed by atoms with Gasteiger partial charge in [-0.3, -0.25) is 0 Å². The van der Waals surface area contributed by atoms with Crippen LogP contribution in [0.1, 0.15) is 24.0 Å². The van der Waals surface area contributed by atoms with Gasteiger partial charge in [0.25, 0.3) is 0 Å². The lowest BCUT2D eigenvalue weighted by atomic mass is 9.99. The fourth-order valence-corrected chi connectivity index (χ4v) is 2.27. The highest BCUT2D eigenvalue weighted by Gasteiger charge is 2.16. The number of aryl methyl sites for hydroxylation is 1. The average Bonchev–Trinajstić information content (AvgIpc) is 2.75. The predicted octanol–water partition coefficient (Wildman–Crippen LogP) is 2.44. The number of methoxy groups -OCH3 is 1. The molecule has 2 nitrogen and oxygen atoms in total. The second-order valence-corrected chi connectivity index (χ2v) is 4.41. The van der Waals surface area contributed by atoms with Gasteiger partial charge in [0.1, 0.15) is 0 Å². The highest BCUT2D eigenvalue weighted by Crippen LogP contribution is 2.24. The molecule has 1 aliphatic heterocycles. The van der Waals surface area contributed by atoms with Crippen LogP contribution in [0.5, 0.6) is 5.75 Å². The minimum Gasteiger partial charge on any atom is -0.494 e. The van der Waals surface area contributed by atoms with E-state index in [0.29, 0.717) is 11.8 Å². The topological polar surface area (TPSA) is 21.3 Å². The largest absolute Gasteiger partial charge is 0.494 e. The van der Waals surface area contributed by atoms with Crippen LogP contribution in [0.15, 0.2) is 12.1 Å². The number of halogens is 1. The van der Waals surface area contributed by atoms with Gasteiger partial charge in [-0.15, -0.1) is 0 Å². The van der Waals surface area contributed by atoms with E-state index in [4.69, 9.17) is 4.74 Å². The molecule has 1 atom stereocenters. The van der Waals surface area contributed by atoms with Gasteiger partial charge in [-0.25, -0.2) is 4.39 Å². The average molecular weight is 223 g/mol. The first kappa shape index (κ1) is 11.4. The van der Waals surface area contributed by atoms with Crippen molar-refractivity contribution in [3.8, 4) is 5.75 Å². The van der Waals surface area contributed by atoms with E-state index in [9.17, 15) is 4.39 Å². The van der Waals surface area contributed by atoms with Crippen LogP contribution in [0.2, 0.25) is 0 Å². The summed E-state index contributed by atoms with van der Waals surface area (Å²) in [6, 6.07) is 3.92. The van der Waals surface area contributed by atoms with E-state index in [-0.39, 0.29) is 5.82 Å². The second kappa shape index (κ2) is 4.83. The Morgan fingerprint density at radius 3 is 2.94 bits per heavy atom. The zero-order valence-electron chi connectivity index (χ0n) is 9.85. The lowest BCUT2D eigenvalue weighted by molar-refractivity contribution is 0.385. The van der Waals surface area contributed by atoms with Crippen molar-refractivity contribution in [2.75, 3.05) is 13.7 Å². The SMILES string of the molecule is COc1cc(CC2CCCN2)c(C)cc1F. The molecule has 0 bridgehead atoms. The smallest absolute Gasteiger partial charge is 0.165 e. The molecule has 1 N–H and O–H groups in total. The Morgan fingerprint density at radius 2 is 2.31 bits per heavy atom. The van der Waals surface area contributed by atoms with Gasteiger partial charge in [0.15, 0.2) is 11.6 Å². The molecule has 3 heteroatoms. The Labute approximate surface area is 95.8 Å². The van der Waals surface area contributed by atoms with Gasteiger partial charge in [0.2, 0.25) is 0 Å². The van der Waals surface area contributed by atoms with Crippen LogP contribution in [-0.4, -0.2) is 19.7 Å². The summed E-state index contributed by atoms with van der Waals surface area (Å²) >= 11 is 0. The van der Waals surface area contributed by atoms with Gasteiger partial charge in [0, 0.05) is 6.04 Å². The van der Waals surface area contributed by atoms with Gasteiger partial charge in [-0.1, -0.05) is 0 Å². The molecular formula is C13H18FNO. The van der Waals surface area contributed by atoms with E-state index in [2.05, 4.69) is 5.32 Å². The van der Waals surface area contributed by atoms with Crippen molar-refractivity contribution < 1.29 is 9.13 Å². The first-order valence-corrected chi connectivity index (χ1v) is 5.77. The molecule has 88 valence electrons. The van der Waals surface area contributed by atoms with E-state index in [1.54, 1.807) is 6.07 Å². The number of nitrogens with one attached hydrogen (secondary N) is 1. The van der Waals surface area contributed by atoms with Crippen molar-refractivity contribution in [3.63, 3.8) is 0 Å². The van der Waals surface area contributed by atoms with E-state index in [0.717, 1.165) is 18.5 Å². The van der Waals surface area contributed by atoms with Gasteiger partial charge in [-0.2, -0.15) is 0 Å². The summed E-state index contributed by atoms with van der Waals surface area (Å²) in [6.45, 7) is 3.05. The summed E-state index contributed by atoms with van der Waals surface area (Å²) in [4.78, 5) is 0. The maximum Gasteiger partial charge on any atom is 0.165 e. The van der Waals surface area contributed by atoms with Crippen molar-refractivity contribution in [1.29, 1.82) is 0 Å². The number of benzene rings is 1. The zero-order valence-corrected chi connectivity index (χ0v) is 9.85. The molecule has 2 rings (SSSR count). The number of hydrogen-bond acceptors (Lipinski definition) is 2. The minimum absolute atomic E-state index is 0.275. The summed E-state index contributed by atoms with van der Waals surface area (Å²) in [7, 11) is 1.51.